The Hall–Kier alpha value is -1.16. The lowest BCUT2D eigenvalue weighted by atomic mass is 10.0. The number of amides is 1. The van der Waals surface area contributed by atoms with Crippen molar-refractivity contribution in [1.29, 1.82) is 5.41 Å². The highest BCUT2D eigenvalue weighted by molar-refractivity contribution is 5.85. The highest BCUT2D eigenvalue weighted by Crippen LogP contribution is 2.11. The van der Waals surface area contributed by atoms with E-state index in [0.717, 1.165) is 5.70 Å². The molecular formula is C8H12N2O2. The molecule has 4 heteroatoms. The van der Waals surface area contributed by atoms with Gasteiger partial charge in [0.2, 0.25) is 5.91 Å². The van der Waals surface area contributed by atoms with Crippen LogP contribution in [-0.4, -0.2) is 23.3 Å². The second-order valence-electron chi connectivity index (χ2n) is 2.74. The molecule has 0 spiro atoms. The number of allylic oxidation sites excluding steroid dienone is 2. The minimum absolute atomic E-state index is 0.380. The predicted molar refractivity (Wildman–Crippen MR) is 44.9 cm³/mol. The number of aliphatic hydroxyl groups is 1. The summed E-state index contributed by atoms with van der Waals surface area (Å²) in [5.74, 6) is -0.380. The summed E-state index contributed by atoms with van der Waals surface area (Å²) < 4.78 is 0. The van der Waals surface area contributed by atoms with Crippen LogP contribution in [-0.2, 0) is 4.79 Å². The lowest BCUT2D eigenvalue weighted by Gasteiger charge is -2.13. The molecule has 1 rings (SSSR count). The number of aliphatic hydroxyl groups excluding tert-OH is 1. The van der Waals surface area contributed by atoms with E-state index >= 15 is 0 Å². The maximum absolute atomic E-state index is 10.7. The van der Waals surface area contributed by atoms with Gasteiger partial charge >= 0.3 is 0 Å². The molecule has 0 saturated heterocycles. The summed E-state index contributed by atoms with van der Waals surface area (Å²) in [5, 5.41) is 18.3. The topological polar surface area (TPSA) is 73.2 Å². The third-order valence-corrected chi connectivity index (χ3v) is 1.73. The molecule has 1 amide bonds. The minimum atomic E-state index is -0.477. The summed E-state index contributed by atoms with van der Waals surface area (Å²) in [4.78, 5) is 10.7. The van der Waals surface area contributed by atoms with Crippen LogP contribution in [0.5, 0.6) is 0 Å². The number of carbonyl (C=O) groups is 1. The van der Waals surface area contributed by atoms with Crippen LogP contribution in [0, 0.1) is 5.41 Å². The summed E-state index contributed by atoms with van der Waals surface area (Å²) in [6.07, 6.45) is 3.84. The fourth-order valence-electron chi connectivity index (χ4n) is 1.07. The minimum Gasteiger partial charge on any atom is -0.387 e. The van der Waals surface area contributed by atoms with Gasteiger partial charge in [0, 0.05) is 17.8 Å². The second-order valence-corrected chi connectivity index (χ2v) is 2.74. The summed E-state index contributed by atoms with van der Waals surface area (Å²) in [5.41, 5.74) is 1.52. The van der Waals surface area contributed by atoms with Crippen molar-refractivity contribution < 1.29 is 9.90 Å². The lowest BCUT2D eigenvalue weighted by Crippen LogP contribution is -2.27. The zero-order valence-corrected chi connectivity index (χ0v) is 6.76. The monoisotopic (exact) mass is 168 g/mol. The summed E-state index contributed by atoms with van der Waals surface area (Å²) in [6, 6.07) is 0. The molecule has 0 aromatic carbocycles. The first-order valence-corrected chi connectivity index (χ1v) is 3.88. The Labute approximate surface area is 70.8 Å². The van der Waals surface area contributed by atoms with E-state index in [4.69, 9.17) is 10.5 Å². The molecule has 0 fully saturated rings. The van der Waals surface area contributed by atoms with Crippen molar-refractivity contribution in [3.63, 3.8) is 0 Å². The van der Waals surface area contributed by atoms with Crippen LogP contribution >= 0.6 is 0 Å². The van der Waals surface area contributed by atoms with Crippen molar-refractivity contribution in [2.45, 2.75) is 19.3 Å². The van der Waals surface area contributed by atoms with Gasteiger partial charge in [0.15, 0.2) is 0 Å². The maximum Gasteiger partial charge on any atom is 0.249 e. The molecule has 0 unspecified atom stereocenters. The van der Waals surface area contributed by atoms with E-state index in [-0.39, 0.29) is 5.91 Å². The Morgan fingerprint density at radius 3 is 2.92 bits per heavy atom. The zero-order valence-electron chi connectivity index (χ0n) is 6.76. The number of rotatable bonds is 2. The molecule has 0 aromatic rings. The van der Waals surface area contributed by atoms with Crippen molar-refractivity contribution in [3.8, 4) is 0 Å². The molecular weight excluding hydrogens is 156 g/mol. The second kappa shape index (κ2) is 4.01. The van der Waals surface area contributed by atoms with Crippen molar-refractivity contribution in [3.05, 3.63) is 11.8 Å². The molecule has 66 valence electrons. The van der Waals surface area contributed by atoms with Gasteiger partial charge in [-0.05, 0) is 12.8 Å². The number of carbonyl (C=O) groups excluding carboxylic acids is 1. The van der Waals surface area contributed by atoms with Gasteiger partial charge in [0.25, 0.3) is 0 Å². The van der Waals surface area contributed by atoms with Gasteiger partial charge < -0.3 is 15.8 Å². The molecule has 0 aliphatic heterocycles. The SMILES string of the molecule is N=C1CC=C(NC(=O)CO)CC1. The molecule has 1 aliphatic rings. The van der Waals surface area contributed by atoms with Crippen molar-refractivity contribution >= 4 is 11.6 Å². The Bertz CT molecular complexity index is 233. The highest BCUT2D eigenvalue weighted by Gasteiger charge is 2.09. The van der Waals surface area contributed by atoms with Gasteiger partial charge in [-0.1, -0.05) is 6.08 Å². The van der Waals surface area contributed by atoms with Crippen LogP contribution in [0.25, 0.3) is 0 Å². The van der Waals surface area contributed by atoms with Crippen LogP contribution in [0.2, 0.25) is 0 Å². The summed E-state index contributed by atoms with van der Waals surface area (Å²) in [7, 11) is 0. The van der Waals surface area contributed by atoms with Crippen LogP contribution in [0.15, 0.2) is 11.8 Å². The standard InChI is InChI=1S/C8H12N2O2/c9-6-1-3-7(4-2-6)10-8(12)5-11/h3,9,11H,1-2,4-5H2,(H,10,12). The van der Waals surface area contributed by atoms with E-state index < -0.39 is 6.61 Å². The van der Waals surface area contributed by atoms with Gasteiger partial charge in [0.05, 0.1) is 0 Å². The van der Waals surface area contributed by atoms with Crippen LogP contribution in [0.1, 0.15) is 19.3 Å². The first kappa shape index (κ1) is 8.93. The molecule has 4 nitrogen and oxygen atoms in total. The Morgan fingerprint density at radius 1 is 1.67 bits per heavy atom. The molecule has 0 radical (unpaired) electrons. The van der Waals surface area contributed by atoms with E-state index in [0.29, 0.717) is 25.0 Å². The van der Waals surface area contributed by atoms with Gasteiger partial charge in [0.1, 0.15) is 6.61 Å². The molecule has 0 heterocycles. The van der Waals surface area contributed by atoms with E-state index in [1.807, 2.05) is 6.08 Å². The lowest BCUT2D eigenvalue weighted by molar-refractivity contribution is -0.123. The van der Waals surface area contributed by atoms with Gasteiger partial charge in [-0.3, -0.25) is 4.79 Å². The van der Waals surface area contributed by atoms with Gasteiger partial charge in [-0.25, -0.2) is 0 Å². The molecule has 0 saturated carbocycles. The van der Waals surface area contributed by atoms with Gasteiger partial charge in [-0.15, -0.1) is 0 Å². The van der Waals surface area contributed by atoms with Crippen LogP contribution in [0.4, 0.5) is 0 Å². The third-order valence-electron chi connectivity index (χ3n) is 1.73. The van der Waals surface area contributed by atoms with E-state index in [2.05, 4.69) is 5.32 Å². The van der Waals surface area contributed by atoms with E-state index in [1.165, 1.54) is 0 Å². The zero-order chi connectivity index (χ0) is 8.97. The van der Waals surface area contributed by atoms with Crippen molar-refractivity contribution in [2.24, 2.45) is 0 Å². The normalized spacial score (nSPS) is 17.1. The quantitative estimate of drug-likeness (QED) is 0.550. The average Bonchev–Trinajstić information content (AvgIpc) is 2.09. The van der Waals surface area contributed by atoms with Crippen LogP contribution in [0.3, 0.4) is 0 Å². The Balaban J connectivity index is 2.43. The van der Waals surface area contributed by atoms with E-state index in [1.54, 1.807) is 0 Å². The third kappa shape index (κ3) is 2.47. The summed E-state index contributed by atoms with van der Waals surface area (Å²) >= 11 is 0. The average molecular weight is 168 g/mol. The predicted octanol–water partition coefficient (Wildman–Crippen LogP) is 0.182. The fraction of sp³-hybridized carbons (Fsp3) is 0.500. The number of hydrogen-bond acceptors (Lipinski definition) is 3. The maximum atomic E-state index is 10.7. The molecule has 3 N–H and O–H groups in total. The van der Waals surface area contributed by atoms with Crippen molar-refractivity contribution in [2.75, 3.05) is 6.61 Å². The first-order valence-electron chi connectivity index (χ1n) is 3.88. The smallest absolute Gasteiger partial charge is 0.249 e. The first-order chi connectivity index (χ1) is 5.72. The molecule has 0 bridgehead atoms. The summed E-state index contributed by atoms with van der Waals surface area (Å²) in [6.45, 7) is -0.477. The molecule has 12 heavy (non-hydrogen) atoms. The van der Waals surface area contributed by atoms with Crippen LogP contribution < -0.4 is 5.32 Å². The van der Waals surface area contributed by atoms with E-state index in [9.17, 15) is 4.79 Å². The molecule has 0 aromatic heterocycles. The molecule has 1 aliphatic carbocycles. The Morgan fingerprint density at radius 2 is 2.42 bits per heavy atom. The molecule has 0 atom stereocenters. The van der Waals surface area contributed by atoms with Gasteiger partial charge in [-0.2, -0.15) is 0 Å². The highest BCUT2D eigenvalue weighted by atomic mass is 16.3. The Kier molecular flexibility index (Phi) is 2.99. The fourth-order valence-corrected chi connectivity index (χ4v) is 1.07. The number of nitrogens with one attached hydrogen (secondary N) is 2. The number of hydrogen-bond donors (Lipinski definition) is 3. The van der Waals surface area contributed by atoms with Crippen molar-refractivity contribution in [1.82, 2.24) is 5.32 Å². The largest absolute Gasteiger partial charge is 0.387 e.